The zero-order valence-electron chi connectivity index (χ0n) is 7.30. The molecule has 1 aromatic rings. The summed E-state index contributed by atoms with van der Waals surface area (Å²) >= 11 is 4.00. The molecule has 0 saturated carbocycles. The summed E-state index contributed by atoms with van der Waals surface area (Å²) < 4.78 is 1.38. The van der Waals surface area contributed by atoms with Crippen LogP contribution in [-0.2, 0) is 0 Å². The van der Waals surface area contributed by atoms with E-state index in [9.17, 15) is 9.59 Å². The molecular weight excluding hydrogens is 408 g/mol. The normalized spacial score (nSPS) is 9.93. The van der Waals surface area contributed by atoms with Crippen LogP contribution in [0, 0.1) is 14.1 Å². The predicted molar refractivity (Wildman–Crippen MR) is 71.8 cm³/mol. The van der Waals surface area contributed by atoms with Crippen LogP contribution in [0.15, 0.2) is 0 Å². The highest BCUT2D eigenvalue weighted by atomic mass is 127. The van der Waals surface area contributed by atoms with Gasteiger partial charge < -0.3 is 5.73 Å². The summed E-state index contributed by atoms with van der Waals surface area (Å²) in [5.74, 6) is 0. The molecule has 1 rings (SSSR count). The van der Waals surface area contributed by atoms with Crippen molar-refractivity contribution in [2.75, 3.05) is 5.73 Å². The molecule has 3 nitrogen and oxygen atoms in total. The number of hydrogen-bond donors (Lipinski definition) is 1. The minimum atomic E-state index is 0.497. The van der Waals surface area contributed by atoms with Gasteiger partial charge in [0, 0.05) is 24.0 Å². The molecule has 0 spiro atoms. The van der Waals surface area contributed by atoms with Gasteiger partial charge >= 0.3 is 0 Å². The molecule has 0 amide bonds. The molecular formula is C9H7I2NO2. The fraction of sp³-hybridized carbons (Fsp3) is 0.111. The van der Waals surface area contributed by atoms with Gasteiger partial charge in [-0.2, -0.15) is 0 Å². The number of hydrogen-bond acceptors (Lipinski definition) is 3. The van der Waals surface area contributed by atoms with Crippen LogP contribution < -0.4 is 5.73 Å². The Balaban J connectivity index is 3.72. The summed E-state index contributed by atoms with van der Waals surface area (Å²) in [4.78, 5) is 21.6. The second-order valence-corrected chi connectivity index (χ2v) is 4.89. The SMILES string of the molecule is Cc1c(N)c(I)c(C=O)c(I)c1C=O. The summed E-state index contributed by atoms with van der Waals surface area (Å²) in [6.45, 7) is 1.78. The maximum atomic E-state index is 10.8. The van der Waals surface area contributed by atoms with Gasteiger partial charge in [-0.3, -0.25) is 9.59 Å². The van der Waals surface area contributed by atoms with Crippen molar-refractivity contribution in [3.05, 3.63) is 23.8 Å². The van der Waals surface area contributed by atoms with Crippen molar-refractivity contribution in [1.82, 2.24) is 0 Å². The molecule has 0 atom stereocenters. The van der Waals surface area contributed by atoms with Gasteiger partial charge in [-0.1, -0.05) is 0 Å². The van der Waals surface area contributed by atoms with E-state index in [4.69, 9.17) is 5.73 Å². The Kier molecular flexibility index (Phi) is 3.87. The first kappa shape index (κ1) is 11.9. The molecule has 14 heavy (non-hydrogen) atoms. The van der Waals surface area contributed by atoms with Crippen molar-refractivity contribution >= 4 is 63.4 Å². The molecule has 0 saturated heterocycles. The number of halogens is 2. The molecule has 0 bridgehead atoms. The summed E-state index contributed by atoms with van der Waals surface area (Å²) in [7, 11) is 0. The van der Waals surface area contributed by atoms with Crippen LogP contribution in [0.2, 0.25) is 0 Å². The quantitative estimate of drug-likeness (QED) is 0.459. The zero-order chi connectivity index (χ0) is 10.9. The van der Waals surface area contributed by atoms with Crippen LogP contribution in [-0.4, -0.2) is 12.6 Å². The third kappa shape index (κ3) is 1.79. The number of anilines is 1. The van der Waals surface area contributed by atoms with Gasteiger partial charge in [-0.05, 0) is 57.7 Å². The van der Waals surface area contributed by atoms with Crippen molar-refractivity contribution in [2.24, 2.45) is 0 Å². The van der Waals surface area contributed by atoms with Gasteiger partial charge in [0.05, 0.1) is 0 Å². The highest BCUT2D eigenvalue weighted by Crippen LogP contribution is 2.30. The van der Waals surface area contributed by atoms with Gasteiger partial charge in [0.1, 0.15) is 0 Å². The molecule has 0 aliphatic carbocycles. The van der Waals surface area contributed by atoms with E-state index in [0.29, 0.717) is 24.0 Å². The monoisotopic (exact) mass is 415 g/mol. The Hall–Kier alpha value is -0.180. The van der Waals surface area contributed by atoms with Crippen molar-refractivity contribution in [1.29, 1.82) is 0 Å². The number of benzene rings is 1. The van der Waals surface area contributed by atoms with Gasteiger partial charge in [-0.15, -0.1) is 0 Å². The molecule has 0 aromatic heterocycles. The summed E-state index contributed by atoms with van der Waals surface area (Å²) in [6.07, 6.45) is 1.46. The molecule has 0 unspecified atom stereocenters. The Morgan fingerprint density at radius 3 is 2.00 bits per heavy atom. The summed E-state index contributed by atoms with van der Waals surface area (Å²) in [5, 5.41) is 0. The van der Waals surface area contributed by atoms with Crippen molar-refractivity contribution in [3.8, 4) is 0 Å². The highest BCUT2D eigenvalue weighted by Gasteiger charge is 2.16. The molecule has 0 aliphatic heterocycles. The molecule has 2 N–H and O–H groups in total. The van der Waals surface area contributed by atoms with E-state index in [1.807, 2.05) is 45.2 Å². The first-order valence-corrected chi connectivity index (χ1v) is 5.87. The van der Waals surface area contributed by atoms with E-state index in [1.165, 1.54) is 0 Å². The van der Waals surface area contributed by atoms with Crippen LogP contribution in [0.25, 0.3) is 0 Å². The van der Waals surface area contributed by atoms with Crippen LogP contribution in [0.5, 0.6) is 0 Å². The molecule has 0 fully saturated rings. The maximum absolute atomic E-state index is 10.8. The number of carbonyl (C=O) groups excluding carboxylic acids is 2. The molecule has 0 aliphatic rings. The number of carbonyl (C=O) groups is 2. The lowest BCUT2D eigenvalue weighted by atomic mass is 10.0. The fourth-order valence-electron chi connectivity index (χ4n) is 1.10. The van der Waals surface area contributed by atoms with E-state index in [1.54, 1.807) is 6.92 Å². The van der Waals surface area contributed by atoms with Gasteiger partial charge in [-0.25, -0.2) is 0 Å². The lowest BCUT2D eigenvalue weighted by molar-refractivity contribution is 0.112. The van der Waals surface area contributed by atoms with Crippen LogP contribution >= 0.6 is 45.2 Å². The van der Waals surface area contributed by atoms with Gasteiger partial charge in [0.2, 0.25) is 0 Å². The molecule has 74 valence electrons. The third-order valence-corrected chi connectivity index (χ3v) is 4.31. The predicted octanol–water partition coefficient (Wildman–Crippen LogP) is 2.41. The third-order valence-electron chi connectivity index (χ3n) is 1.99. The number of aldehydes is 2. The lowest BCUT2D eigenvalue weighted by Gasteiger charge is -2.11. The summed E-state index contributed by atoms with van der Waals surface area (Å²) in [6, 6.07) is 0. The van der Waals surface area contributed by atoms with Crippen molar-refractivity contribution < 1.29 is 9.59 Å². The highest BCUT2D eigenvalue weighted by molar-refractivity contribution is 14.1. The largest absolute Gasteiger partial charge is 0.398 e. The molecule has 5 heteroatoms. The maximum Gasteiger partial charge on any atom is 0.152 e. The van der Waals surface area contributed by atoms with Gasteiger partial charge in [0.25, 0.3) is 0 Å². The Labute approximate surface area is 109 Å². The molecule has 1 aromatic carbocycles. The van der Waals surface area contributed by atoms with Crippen LogP contribution in [0.3, 0.4) is 0 Å². The topological polar surface area (TPSA) is 60.2 Å². The van der Waals surface area contributed by atoms with E-state index in [2.05, 4.69) is 0 Å². The Bertz CT molecular complexity index is 381. The molecule has 0 radical (unpaired) electrons. The second-order valence-electron chi connectivity index (χ2n) is 2.73. The minimum Gasteiger partial charge on any atom is -0.398 e. The Morgan fingerprint density at radius 1 is 1.07 bits per heavy atom. The Morgan fingerprint density at radius 2 is 1.57 bits per heavy atom. The van der Waals surface area contributed by atoms with E-state index < -0.39 is 0 Å². The average molecular weight is 415 g/mol. The summed E-state index contributed by atoms with van der Waals surface area (Å²) in [5.41, 5.74) is 8.02. The van der Waals surface area contributed by atoms with E-state index >= 15 is 0 Å². The number of rotatable bonds is 2. The number of nitrogens with two attached hydrogens (primary N) is 1. The van der Waals surface area contributed by atoms with E-state index in [-0.39, 0.29) is 0 Å². The van der Waals surface area contributed by atoms with Gasteiger partial charge in [0.15, 0.2) is 12.6 Å². The van der Waals surface area contributed by atoms with Crippen molar-refractivity contribution in [3.63, 3.8) is 0 Å². The first-order chi connectivity index (χ1) is 6.54. The number of nitrogen functional groups attached to an aromatic ring is 1. The zero-order valence-corrected chi connectivity index (χ0v) is 11.6. The second kappa shape index (κ2) is 4.56. The standard InChI is InChI=1S/C9H7I2NO2/c1-4-5(2-13)7(10)6(3-14)8(11)9(4)12/h2-3H,12H2,1H3. The molecule has 0 heterocycles. The fourth-order valence-corrected chi connectivity index (χ4v) is 3.35. The first-order valence-electron chi connectivity index (χ1n) is 3.72. The van der Waals surface area contributed by atoms with E-state index in [0.717, 1.165) is 18.1 Å². The lowest BCUT2D eigenvalue weighted by Crippen LogP contribution is -2.06. The minimum absolute atomic E-state index is 0.497. The average Bonchev–Trinajstić information content (AvgIpc) is 2.16. The van der Waals surface area contributed by atoms with Crippen LogP contribution in [0.4, 0.5) is 5.69 Å². The smallest absolute Gasteiger partial charge is 0.152 e. The van der Waals surface area contributed by atoms with Crippen LogP contribution in [0.1, 0.15) is 26.3 Å². The van der Waals surface area contributed by atoms with Crippen molar-refractivity contribution in [2.45, 2.75) is 6.92 Å².